The lowest BCUT2D eigenvalue weighted by molar-refractivity contribution is 0.387. The van der Waals surface area contributed by atoms with E-state index in [9.17, 15) is 0 Å². The fourth-order valence-electron chi connectivity index (χ4n) is 1.61. The number of fused-ring (bicyclic) bond motifs is 1. The zero-order valence-corrected chi connectivity index (χ0v) is 7.44. The quantitative estimate of drug-likeness (QED) is 0.624. The molecule has 0 unspecified atom stereocenters. The van der Waals surface area contributed by atoms with E-state index in [-0.39, 0.29) is 0 Å². The van der Waals surface area contributed by atoms with E-state index in [1.807, 2.05) is 18.6 Å². The summed E-state index contributed by atoms with van der Waals surface area (Å²) in [6.45, 7) is 4.46. The van der Waals surface area contributed by atoms with E-state index < -0.39 is 0 Å². The Morgan fingerprint density at radius 2 is 2.42 bits per heavy atom. The SMILES string of the molecule is CC(C)[C@H]1CC=Nc2nccn21. The van der Waals surface area contributed by atoms with Crippen molar-refractivity contribution in [1.29, 1.82) is 0 Å². The molecule has 2 rings (SSSR count). The Morgan fingerprint density at radius 3 is 3.17 bits per heavy atom. The first-order chi connectivity index (χ1) is 5.79. The van der Waals surface area contributed by atoms with Crippen LogP contribution in [0.25, 0.3) is 0 Å². The number of hydrogen-bond donors (Lipinski definition) is 0. The highest BCUT2D eigenvalue weighted by atomic mass is 15.2. The zero-order chi connectivity index (χ0) is 8.55. The Labute approximate surface area is 72.1 Å². The number of aromatic nitrogens is 2. The van der Waals surface area contributed by atoms with E-state index in [1.54, 1.807) is 0 Å². The van der Waals surface area contributed by atoms with Gasteiger partial charge in [0.2, 0.25) is 5.95 Å². The van der Waals surface area contributed by atoms with Gasteiger partial charge in [0.15, 0.2) is 0 Å². The van der Waals surface area contributed by atoms with Gasteiger partial charge in [-0.15, -0.1) is 0 Å². The van der Waals surface area contributed by atoms with Crippen LogP contribution in [-0.2, 0) is 0 Å². The first kappa shape index (κ1) is 7.53. The molecule has 64 valence electrons. The van der Waals surface area contributed by atoms with Gasteiger partial charge in [0.1, 0.15) is 0 Å². The molecule has 2 heterocycles. The molecule has 0 fully saturated rings. The second-order valence-corrected chi connectivity index (χ2v) is 3.49. The Kier molecular flexibility index (Phi) is 1.71. The molecular weight excluding hydrogens is 150 g/mol. The predicted molar refractivity (Wildman–Crippen MR) is 48.9 cm³/mol. The van der Waals surface area contributed by atoms with Crippen LogP contribution in [0.5, 0.6) is 0 Å². The molecule has 0 spiro atoms. The maximum absolute atomic E-state index is 4.21. The second kappa shape index (κ2) is 2.73. The molecule has 0 amide bonds. The van der Waals surface area contributed by atoms with Crippen molar-refractivity contribution in [3.05, 3.63) is 12.4 Å². The first-order valence-electron chi connectivity index (χ1n) is 4.34. The molecule has 12 heavy (non-hydrogen) atoms. The summed E-state index contributed by atoms with van der Waals surface area (Å²) in [5.41, 5.74) is 0. The van der Waals surface area contributed by atoms with Gasteiger partial charge in [-0.1, -0.05) is 13.8 Å². The maximum Gasteiger partial charge on any atom is 0.229 e. The minimum Gasteiger partial charge on any atom is -0.312 e. The van der Waals surface area contributed by atoms with E-state index in [2.05, 4.69) is 28.4 Å². The highest BCUT2D eigenvalue weighted by Crippen LogP contribution is 2.28. The van der Waals surface area contributed by atoms with Crippen LogP contribution in [0.1, 0.15) is 26.3 Å². The maximum atomic E-state index is 4.21. The summed E-state index contributed by atoms with van der Waals surface area (Å²) in [6.07, 6.45) is 6.82. The van der Waals surface area contributed by atoms with Gasteiger partial charge in [0, 0.05) is 31.1 Å². The topological polar surface area (TPSA) is 30.2 Å². The average Bonchev–Trinajstić information content (AvgIpc) is 2.49. The summed E-state index contributed by atoms with van der Waals surface area (Å²) in [4.78, 5) is 8.37. The van der Waals surface area contributed by atoms with Crippen LogP contribution >= 0.6 is 0 Å². The average molecular weight is 163 g/mol. The molecule has 0 saturated carbocycles. The van der Waals surface area contributed by atoms with Gasteiger partial charge < -0.3 is 4.57 Å². The fraction of sp³-hybridized carbons (Fsp3) is 0.556. The summed E-state index contributed by atoms with van der Waals surface area (Å²) in [6, 6.07) is 0.542. The molecule has 0 aromatic carbocycles. The molecule has 1 aliphatic heterocycles. The smallest absolute Gasteiger partial charge is 0.229 e. The Balaban J connectivity index is 2.38. The highest BCUT2D eigenvalue weighted by Gasteiger charge is 2.19. The minimum atomic E-state index is 0.542. The summed E-state index contributed by atoms with van der Waals surface area (Å²) < 4.78 is 2.16. The molecule has 3 heteroatoms. The summed E-state index contributed by atoms with van der Waals surface area (Å²) >= 11 is 0. The number of aliphatic imine (C=N–C) groups is 1. The van der Waals surface area contributed by atoms with Crippen LogP contribution in [0.15, 0.2) is 17.4 Å². The van der Waals surface area contributed by atoms with Crippen molar-refractivity contribution in [3.8, 4) is 0 Å². The third-order valence-corrected chi connectivity index (χ3v) is 2.33. The molecule has 1 aromatic heterocycles. The van der Waals surface area contributed by atoms with E-state index in [4.69, 9.17) is 0 Å². The van der Waals surface area contributed by atoms with Crippen molar-refractivity contribution in [2.24, 2.45) is 10.9 Å². The highest BCUT2D eigenvalue weighted by molar-refractivity contribution is 5.63. The summed E-state index contributed by atoms with van der Waals surface area (Å²) in [7, 11) is 0. The molecule has 0 saturated heterocycles. The van der Waals surface area contributed by atoms with Crippen molar-refractivity contribution < 1.29 is 0 Å². The second-order valence-electron chi connectivity index (χ2n) is 3.49. The predicted octanol–water partition coefficient (Wildman–Crippen LogP) is 2.19. The van der Waals surface area contributed by atoms with Gasteiger partial charge in [-0.2, -0.15) is 0 Å². The Morgan fingerprint density at radius 1 is 1.58 bits per heavy atom. The van der Waals surface area contributed by atoms with Gasteiger partial charge >= 0.3 is 0 Å². The van der Waals surface area contributed by atoms with Crippen molar-refractivity contribution in [2.75, 3.05) is 0 Å². The molecule has 0 radical (unpaired) electrons. The van der Waals surface area contributed by atoms with Crippen LogP contribution in [0.3, 0.4) is 0 Å². The van der Waals surface area contributed by atoms with Crippen molar-refractivity contribution in [1.82, 2.24) is 9.55 Å². The Hall–Kier alpha value is -1.12. The van der Waals surface area contributed by atoms with Gasteiger partial charge in [0.25, 0.3) is 0 Å². The number of hydrogen-bond acceptors (Lipinski definition) is 2. The van der Waals surface area contributed by atoms with Crippen molar-refractivity contribution in [2.45, 2.75) is 26.3 Å². The zero-order valence-electron chi connectivity index (χ0n) is 7.44. The summed E-state index contributed by atoms with van der Waals surface area (Å²) in [5.74, 6) is 1.49. The fourth-order valence-corrected chi connectivity index (χ4v) is 1.61. The van der Waals surface area contributed by atoms with E-state index in [1.165, 1.54) is 0 Å². The number of nitrogens with zero attached hydrogens (tertiary/aromatic N) is 3. The van der Waals surface area contributed by atoms with Gasteiger partial charge in [-0.05, 0) is 5.92 Å². The van der Waals surface area contributed by atoms with E-state index >= 15 is 0 Å². The largest absolute Gasteiger partial charge is 0.312 e. The summed E-state index contributed by atoms with van der Waals surface area (Å²) in [5, 5.41) is 0. The normalized spacial score (nSPS) is 21.4. The molecule has 0 N–H and O–H groups in total. The molecule has 3 nitrogen and oxygen atoms in total. The van der Waals surface area contributed by atoms with Gasteiger partial charge in [-0.3, -0.25) is 0 Å². The number of imidazole rings is 1. The number of rotatable bonds is 1. The lowest BCUT2D eigenvalue weighted by Gasteiger charge is -2.24. The molecule has 1 aromatic rings. The third kappa shape index (κ3) is 1.05. The molecule has 0 aliphatic carbocycles. The van der Waals surface area contributed by atoms with Crippen LogP contribution in [0.2, 0.25) is 0 Å². The van der Waals surface area contributed by atoms with Crippen LogP contribution < -0.4 is 0 Å². The van der Waals surface area contributed by atoms with Crippen LogP contribution in [0.4, 0.5) is 5.95 Å². The van der Waals surface area contributed by atoms with Gasteiger partial charge in [0.05, 0.1) is 0 Å². The van der Waals surface area contributed by atoms with E-state index in [0.717, 1.165) is 12.4 Å². The lowest BCUT2D eigenvalue weighted by Crippen LogP contribution is -2.17. The van der Waals surface area contributed by atoms with E-state index in [0.29, 0.717) is 12.0 Å². The lowest BCUT2D eigenvalue weighted by atomic mass is 10.0. The minimum absolute atomic E-state index is 0.542. The standard InChI is InChI=1S/C9H13N3/c1-7(2)8-3-4-10-9-11-5-6-12(8)9/h4-8H,3H2,1-2H3/t8-/m1/s1. The first-order valence-corrected chi connectivity index (χ1v) is 4.34. The molecule has 1 atom stereocenters. The molecule has 1 aliphatic rings. The van der Waals surface area contributed by atoms with Gasteiger partial charge in [-0.25, -0.2) is 9.98 Å². The van der Waals surface area contributed by atoms with Crippen LogP contribution in [0, 0.1) is 5.92 Å². The monoisotopic (exact) mass is 163 g/mol. The Bertz CT molecular complexity index is 298. The van der Waals surface area contributed by atoms with Crippen molar-refractivity contribution >= 4 is 12.2 Å². The molecule has 0 bridgehead atoms. The van der Waals surface area contributed by atoms with Crippen LogP contribution in [-0.4, -0.2) is 15.8 Å². The van der Waals surface area contributed by atoms with Crippen molar-refractivity contribution in [3.63, 3.8) is 0 Å². The third-order valence-electron chi connectivity index (χ3n) is 2.33. The molecular formula is C9H13N3.